The topological polar surface area (TPSA) is 54.3 Å². The van der Waals surface area contributed by atoms with E-state index in [0.29, 0.717) is 0 Å². The van der Waals surface area contributed by atoms with Gasteiger partial charge in [0.05, 0.1) is 17.3 Å². The van der Waals surface area contributed by atoms with E-state index in [-0.39, 0.29) is 29.8 Å². The second-order valence-corrected chi connectivity index (χ2v) is 5.58. The van der Waals surface area contributed by atoms with Gasteiger partial charge in [-0.05, 0) is 20.8 Å². The van der Waals surface area contributed by atoms with Gasteiger partial charge in [0.15, 0.2) is 0 Å². The Morgan fingerprint density at radius 2 is 1.81 bits per heavy atom. The Balaban J connectivity index is 2.16. The van der Waals surface area contributed by atoms with Crippen molar-refractivity contribution in [1.29, 1.82) is 0 Å². The summed E-state index contributed by atoms with van der Waals surface area (Å²) in [5, 5.41) is 10.5. The lowest BCUT2D eigenvalue weighted by Gasteiger charge is -2.26. The van der Waals surface area contributed by atoms with Crippen LogP contribution in [0.3, 0.4) is 0 Å². The predicted molar refractivity (Wildman–Crippen MR) is 61.8 cm³/mol. The van der Waals surface area contributed by atoms with E-state index in [1.807, 2.05) is 27.7 Å². The van der Waals surface area contributed by atoms with Crippen molar-refractivity contribution in [2.45, 2.75) is 57.2 Å². The maximum absolute atomic E-state index is 10.5. The molecule has 0 amide bonds. The third kappa shape index (κ3) is 1.69. The highest BCUT2D eigenvalue weighted by atomic mass is 16.6. The van der Waals surface area contributed by atoms with Crippen LogP contribution in [0.2, 0.25) is 0 Å². The van der Waals surface area contributed by atoms with Crippen LogP contribution in [0.15, 0.2) is 4.99 Å². The Morgan fingerprint density at radius 1 is 1.25 bits per heavy atom. The van der Waals surface area contributed by atoms with Crippen LogP contribution in [0.4, 0.5) is 0 Å². The van der Waals surface area contributed by atoms with Crippen molar-refractivity contribution >= 4 is 6.21 Å². The third-order valence-electron chi connectivity index (χ3n) is 3.92. The average molecular weight is 227 g/mol. The zero-order valence-electron chi connectivity index (χ0n) is 10.6. The van der Waals surface area contributed by atoms with Crippen molar-refractivity contribution in [3.63, 3.8) is 0 Å². The first-order valence-electron chi connectivity index (χ1n) is 5.78. The van der Waals surface area contributed by atoms with Crippen LogP contribution in [0.1, 0.15) is 27.7 Å². The predicted octanol–water partition coefficient (Wildman–Crippen LogP) is 1.02. The maximum atomic E-state index is 10.5. The largest absolute Gasteiger partial charge is 0.387 e. The lowest BCUT2D eigenvalue weighted by molar-refractivity contribution is -0.0501. The molecule has 2 aliphatic rings. The molecule has 0 aliphatic carbocycles. The summed E-state index contributed by atoms with van der Waals surface area (Å²) in [6.45, 7) is 7.84. The monoisotopic (exact) mass is 227 g/mol. The third-order valence-corrected chi connectivity index (χ3v) is 3.92. The summed E-state index contributed by atoms with van der Waals surface area (Å²) in [6.07, 6.45) is 1.36. The first-order chi connectivity index (χ1) is 7.30. The molecule has 0 aromatic heterocycles. The molecule has 0 bridgehead atoms. The van der Waals surface area contributed by atoms with E-state index < -0.39 is 5.60 Å². The number of aliphatic imine (C=N–C) groups is 1. The van der Waals surface area contributed by atoms with Crippen LogP contribution in [0.25, 0.3) is 0 Å². The lowest BCUT2D eigenvalue weighted by atomic mass is 9.83. The van der Waals surface area contributed by atoms with E-state index in [1.165, 1.54) is 0 Å². The molecule has 4 nitrogen and oxygen atoms in total. The molecule has 0 aromatic rings. The van der Waals surface area contributed by atoms with E-state index >= 15 is 0 Å². The molecule has 2 heterocycles. The minimum absolute atomic E-state index is 0.0137. The summed E-state index contributed by atoms with van der Waals surface area (Å²) in [5.74, 6) is 0.0289. The molecule has 0 spiro atoms. The Bertz CT molecular complexity index is 311. The Hall–Kier alpha value is -0.450. The van der Waals surface area contributed by atoms with Crippen molar-refractivity contribution in [3.05, 3.63) is 0 Å². The van der Waals surface area contributed by atoms with Crippen LogP contribution in [0.5, 0.6) is 0 Å². The van der Waals surface area contributed by atoms with Gasteiger partial charge in [0, 0.05) is 19.2 Å². The fourth-order valence-electron chi connectivity index (χ4n) is 2.43. The van der Waals surface area contributed by atoms with Gasteiger partial charge in [-0.25, -0.2) is 0 Å². The molecule has 1 N–H and O–H groups in total. The standard InChI is InChI=1S/C12H21NO3/c1-7-8(6-13-5)15-10(12(7,4)14)9-11(2,3)16-9/h6-10,14H,1-5H3/b13-6+/t7-,8-,9?,10?,12+/m0/s1. The van der Waals surface area contributed by atoms with Gasteiger partial charge in [-0.3, -0.25) is 4.99 Å². The number of nitrogens with zero attached hydrogens (tertiary/aromatic N) is 1. The summed E-state index contributed by atoms with van der Waals surface area (Å²) in [4.78, 5) is 3.98. The number of hydrogen-bond acceptors (Lipinski definition) is 4. The van der Waals surface area contributed by atoms with Gasteiger partial charge >= 0.3 is 0 Å². The van der Waals surface area contributed by atoms with Gasteiger partial charge in [-0.2, -0.15) is 0 Å². The van der Waals surface area contributed by atoms with Gasteiger partial charge in [0.25, 0.3) is 0 Å². The van der Waals surface area contributed by atoms with Gasteiger partial charge in [0.2, 0.25) is 0 Å². The second kappa shape index (κ2) is 3.52. The Kier molecular flexibility index (Phi) is 2.64. The van der Waals surface area contributed by atoms with Crippen molar-refractivity contribution in [1.82, 2.24) is 0 Å². The average Bonchev–Trinajstić information content (AvgIpc) is 2.73. The summed E-state index contributed by atoms with van der Waals surface area (Å²) in [6, 6.07) is 0. The maximum Gasteiger partial charge on any atom is 0.116 e. The Labute approximate surface area is 96.7 Å². The summed E-state index contributed by atoms with van der Waals surface area (Å²) >= 11 is 0. The van der Waals surface area contributed by atoms with E-state index in [4.69, 9.17) is 9.47 Å². The van der Waals surface area contributed by atoms with Crippen LogP contribution < -0.4 is 0 Å². The number of hydrogen-bond donors (Lipinski definition) is 1. The number of ether oxygens (including phenoxy) is 2. The molecule has 0 aromatic carbocycles. The van der Waals surface area contributed by atoms with E-state index in [1.54, 1.807) is 13.3 Å². The van der Waals surface area contributed by atoms with Gasteiger partial charge in [-0.15, -0.1) is 0 Å². The van der Waals surface area contributed by atoms with Crippen molar-refractivity contribution in [2.75, 3.05) is 7.05 Å². The zero-order valence-corrected chi connectivity index (χ0v) is 10.6. The molecular weight excluding hydrogens is 206 g/mol. The van der Waals surface area contributed by atoms with Crippen molar-refractivity contribution in [2.24, 2.45) is 10.9 Å². The van der Waals surface area contributed by atoms with Crippen LogP contribution in [0, 0.1) is 5.92 Å². The molecule has 5 atom stereocenters. The highest BCUT2D eigenvalue weighted by molar-refractivity contribution is 5.64. The highest BCUT2D eigenvalue weighted by Gasteiger charge is 2.63. The smallest absolute Gasteiger partial charge is 0.116 e. The van der Waals surface area contributed by atoms with Crippen molar-refractivity contribution in [3.8, 4) is 0 Å². The lowest BCUT2D eigenvalue weighted by Crippen LogP contribution is -2.44. The van der Waals surface area contributed by atoms with Crippen molar-refractivity contribution < 1.29 is 14.6 Å². The molecule has 2 rings (SSSR count). The molecule has 2 fully saturated rings. The molecular formula is C12H21NO3. The first kappa shape index (κ1) is 12.0. The minimum Gasteiger partial charge on any atom is -0.387 e. The molecule has 92 valence electrons. The summed E-state index contributed by atoms with van der Waals surface area (Å²) in [7, 11) is 1.72. The molecule has 16 heavy (non-hydrogen) atoms. The molecule has 0 saturated carbocycles. The normalized spacial score (nSPS) is 51.1. The fourth-order valence-corrected chi connectivity index (χ4v) is 2.43. The first-order valence-corrected chi connectivity index (χ1v) is 5.78. The Morgan fingerprint density at radius 3 is 2.25 bits per heavy atom. The van der Waals surface area contributed by atoms with Crippen LogP contribution in [-0.4, -0.2) is 47.9 Å². The molecule has 0 radical (unpaired) electrons. The van der Waals surface area contributed by atoms with Crippen LogP contribution >= 0.6 is 0 Å². The van der Waals surface area contributed by atoms with Gasteiger partial charge in [0.1, 0.15) is 12.2 Å². The van der Waals surface area contributed by atoms with Crippen LogP contribution in [-0.2, 0) is 9.47 Å². The fraction of sp³-hybridized carbons (Fsp3) is 0.917. The number of aliphatic hydroxyl groups is 1. The SMILES string of the molecule is C/N=C/[C@@H]1OC(C2OC2(C)C)[C@](C)(O)[C@H]1C. The molecule has 2 aliphatic heterocycles. The summed E-state index contributed by atoms with van der Waals surface area (Å²) < 4.78 is 11.4. The van der Waals surface area contributed by atoms with E-state index in [2.05, 4.69) is 4.99 Å². The zero-order chi connectivity index (χ0) is 12.1. The quantitative estimate of drug-likeness (QED) is 0.566. The second-order valence-electron chi connectivity index (χ2n) is 5.58. The van der Waals surface area contributed by atoms with Gasteiger partial charge < -0.3 is 14.6 Å². The number of rotatable bonds is 2. The van der Waals surface area contributed by atoms with Gasteiger partial charge in [-0.1, -0.05) is 6.92 Å². The highest BCUT2D eigenvalue weighted by Crippen LogP contribution is 2.48. The minimum atomic E-state index is -0.857. The summed E-state index contributed by atoms with van der Waals surface area (Å²) in [5.41, 5.74) is -1.03. The molecule has 2 saturated heterocycles. The molecule has 2 unspecified atom stereocenters. The molecule has 4 heteroatoms. The number of epoxide rings is 1. The van der Waals surface area contributed by atoms with E-state index in [0.717, 1.165) is 0 Å². The van der Waals surface area contributed by atoms with E-state index in [9.17, 15) is 5.11 Å².